The fourth-order valence-electron chi connectivity index (χ4n) is 1.59. The van der Waals surface area contributed by atoms with Crippen molar-refractivity contribution in [1.29, 1.82) is 0 Å². The molecule has 2 N–H and O–H groups in total. The molecule has 0 aromatic heterocycles. The number of hydrogen-bond donors (Lipinski definition) is 1. The first-order chi connectivity index (χ1) is 7.66. The standard InChI is InChI=1S/C11H13NO4/c12-8(6-11(13)14)7-1-2-9-10(5-7)16-4-3-15-9/h1-2,5,8H,3-4,6,12H2,(H,13,14)/p-1. The lowest BCUT2D eigenvalue weighted by molar-refractivity contribution is -0.306. The molecule has 1 aromatic carbocycles. The highest BCUT2D eigenvalue weighted by Crippen LogP contribution is 2.32. The first kappa shape index (κ1) is 10.8. The molecule has 1 heterocycles. The van der Waals surface area contributed by atoms with E-state index in [1.165, 1.54) is 0 Å². The van der Waals surface area contributed by atoms with Crippen LogP contribution in [0.3, 0.4) is 0 Å². The van der Waals surface area contributed by atoms with Gasteiger partial charge < -0.3 is 25.1 Å². The minimum atomic E-state index is -1.16. The van der Waals surface area contributed by atoms with E-state index in [1.807, 2.05) is 0 Å². The Morgan fingerprint density at radius 1 is 1.38 bits per heavy atom. The van der Waals surface area contributed by atoms with Crippen LogP contribution >= 0.6 is 0 Å². The monoisotopic (exact) mass is 222 g/mol. The summed E-state index contributed by atoms with van der Waals surface area (Å²) in [5.41, 5.74) is 6.41. The summed E-state index contributed by atoms with van der Waals surface area (Å²) in [6.07, 6.45) is -0.209. The summed E-state index contributed by atoms with van der Waals surface area (Å²) in [7, 11) is 0. The average Bonchev–Trinajstić information content (AvgIpc) is 2.27. The summed E-state index contributed by atoms with van der Waals surface area (Å²) in [4.78, 5) is 10.4. The van der Waals surface area contributed by atoms with Gasteiger partial charge in [0.25, 0.3) is 0 Å². The second-order valence-corrected chi connectivity index (χ2v) is 3.59. The zero-order valence-corrected chi connectivity index (χ0v) is 8.64. The first-order valence-corrected chi connectivity index (χ1v) is 5.02. The molecule has 0 saturated heterocycles. The van der Waals surface area contributed by atoms with Crippen molar-refractivity contribution < 1.29 is 19.4 Å². The quantitative estimate of drug-likeness (QED) is 0.752. The Kier molecular flexibility index (Phi) is 2.96. The van der Waals surface area contributed by atoms with Gasteiger partial charge in [0.15, 0.2) is 11.5 Å². The maximum absolute atomic E-state index is 10.4. The summed E-state index contributed by atoms with van der Waals surface area (Å²) in [5, 5.41) is 10.4. The molecule has 1 aliphatic rings. The molecule has 1 unspecified atom stereocenters. The van der Waals surface area contributed by atoms with Crippen LogP contribution < -0.4 is 20.3 Å². The Bertz CT molecular complexity index is 405. The van der Waals surface area contributed by atoms with Crippen molar-refractivity contribution in [3.63, 3.8) is 0 Å². The topological polar surface area (TPSA) is 84.6 Å². The second kappa shape index (κ2) is 4.40. The largest absolute Gasteiger partial charge is 0.550 e. The molecule has 0 fully saturated rings. The van der Waals surface area contributed by atoms with Crippen molar-refractivity contribution in [3.05, 3.63) is 23.8 Å². The summed E-state index contributed by atoms with van der Waals surface area (Å²) in [6, 6.07) is 4.60. The van der Waals surface area contributed by atoms with Gasteiger partial charge in [-0.1, -0.05) is 6.07 Å². The number of carbonyl (C=O) groups excluding carboxylic acids is 1. The zero-order chi connectivity index (χ0) is 11.5. The normalized spacial score (nSPS) is 15.6. The van der Waals surface area contributed by atoms with Crippen LogP contribution in [0.1, 0.15) is 18.0 Å². The number of hydrogen-bond acceptors (Lipinski definition) is 5. The van der Waals surface area contributed by atoms with Crippen molar-refractivity contribution in [2.45, 2.75) is 12.5 Å². The lowest BCUT2D eigenvalue weighted by atomic mass is 10.0. The lowest BCUT2D eigenvalue weighted by Crippen LogP contribution is -2.27. The maximum atomic E-state index is 10.4. The van der Waals surface area contributed by atoms with Crippen LogP contribution in [0.2, 0.25) is 0 Å². The number of carboxylic acids is 1. The van der Waals surface area contributed by atoms with Gasteiger partial charge in [-0.3, -0.25) is 0 Å². The SMILES string of the molecule is NC(CC(=O)[O-])c1ccc2c(c1)OCCO2. The number of carbonyl (C=O) groups is 1. The van der Waals surface area contributed by atoms with Crippen LogP contribution in [0.4, 0.5) is 0 Å². The maximum Gasteiger partial charge on any atom is 0.161 e. The van der Waals surface area contributed by atoms with Gasteiger partial charge in [-0.15, -0.1) is 0 Å². The van der Waals surface area contributed by atoms with E-state index in [0.717, 1.165) is 0 Å². The van der Waals surface area contributed by atoms with Crippen LogP contribution in [0.25, 0.3) is 0 Å². The summed E-state index contributed by atoms with van der Waals surface area (Å²) in [5.74, 6) is 0.107. The third kappa shape index (κ3) is 2.25. The molecule has 86 valence electrons. The van der Waals surface area contributed by atoms with Gasteiger partial charge in [-0.2, -0.15) is 0 Å². The third-order valence-electron chi connectivity index (χ3n) is 2.38. The molecule has 0 bridgehead atoms. The Balaban J connectivity index is 2.19. The fourth-order valence-corrected chi connectivity index (χ4v) is 1.59. The molecular formula is C11H12NO4-. The minimum absolute atomic E-state index is 0.209. The molecule has 16 heavy (non-hydrogen) atoms. The van der Waals surface area contributed by atoms with Gasteiger partial charge in [0.1, 0.15) is 13.2 Å². The molecule has 1 aromatic rings. The Hall–Kier alpha value is -1.75. The molecule has 0 aliphatic carbocycles. The van der Waals surface area contributed by atoms with Crippen molar-refractivity contribution in [3.8, 4) is 11.5 Å². The molecule has 0 saturated carbocycles. The van der Waals surface area contributed by atoms with Gasteiger partial charge in [0.05, 0.1) is 0 Å². The number of carboxylic acid groups (broad SMARTS) is 1. The number of nitrogens with two attached hydrogens (primary N) is 1. The van der Waals surface area contributed by atoms with E-state index in [-0.39, 0.29) is 6.42 Å². The highest BCUT2D eigenvalue weighted by Gasteiger charge is 2.14. The van der Waals surface area contributed by atoms with E-state index in [2.05, 4.69) is 0 Å². The molecule has 1 atom stereocenters. The zero-order valence-electron chi connectivity index (χ0n) is 8.64. The second-order valence-electron chi connectivity index (χ2n) is 3.59. The number of fused-ring (bicyclic) bond motifs is 1. The van der Waals surface area contributed by atoms with E-state index in [9.17, 15) is 9.90 Å². The van der Waals surface area contributed by atoms with Crippen molar-refractivity contribution >= 4 is 5.97 Å². The van der Waals surface area contributed by atoms with Gasteiger partial charge in [0, 0.05) is 18.4 Å². The van der Waals surface area contributed by atoms with E-state index >= 15 is 0 Å². The fraction of sp³-hybridized carbons (Fsp3) is 0.364. The van der Waals surface area contributed by atoms with Gasteiger partial charge in [-0.05, 0) is 17.7 Å². The van der Waals surface area contributed by atoms with Gasteiger partial charge in [0.2, 0.25) is 0 Å². The van der Waals surface area contributed by atoms with Gasteiger partial charge >= 0.3 is 0 Å². The van der Waals surface area contributed by atoms with E-state index in [1.54, 1.807) is 18.2 Å². The van der Waals surface area contributed by atoms with Crippen LogP contribution in [0, 0.1) is 0 Å². The van der Waals surface area contributed by atoms with Crippen molar-refractivity contribution in [2.75, 3.05) is 13.2 Å². The highest BCUT2D eigenvalue weighted by molar-refractivity contribution is 5.65. The van der Waals surface area contributed by atoms with Crippen LogP contribution in [0.15, 0.2) is 18.2 Å². The highest BCUT2D eigenvalue weighted by atomic mass is 16.6. The Morgan fingerprint density at radius 3 is 2.75 bits per heavy atom. The first-order valence-electron chi connectivity index (χ1n) is 5.02. The van der Waals surface area contributed by atoms with Crippen molar-refractivity contribution in [2.24, 2.45) is 5.73 Å². The number of benzene rings is 1. The van der Waals surface area contributed by atoms with Crippen LogP contribution in [-0.2, 0) is 4.79 Å². The predicted octanol–water partition coefficient (Wildman–Crippen LogP) is -0.402. The van der Waals surface area contributed by atoms with Gasteiger partial charge in [-0.25, -0.2) is 0 Å². The lowest BCUT2D eigenvalue weighted by Gasteiger charge is -2.20. The summed E-state index contributed by atoms with van der Waals surface area (Å²) >= 11 is 0. The minimum Gasteiger partial charge on any atom is -0.550 e. The molecule has 5 heteroatoms. The Morgan fingerprint density at radius 2 is 2.06 bits per heavy atom. The number of ether oxygens (including phenoxy) is 2. The smallest absolute Gasteiger partial charge is 0.161 e. The van der Waals surface area contributed by atoms with Crippen LogP contribution in [-0.4, -0.2) is 19.2 Å². The predicted molar refractivity (Wildman–Crippen MR) is 54.0 cm³/mol. The summed E-state index contributed by atoms with van der Waals surface area (Å²) in [6.45, 7) is 1.02. The average molecular weight is 222 g/mol. The number of aliphatic carboxylic acids is 1. The number of rotatable bonds is 3. The molecular weight excluding hydrogens is 210 g/mol. The van der Waals surface area contributed by atoms with E-state index < -0.39 is 12.0 Å². The molecule has 0 radical (unpaired) electrons. The molecule has 0 amide bonds. The van der Waals surface area contributed by atoms with E-state index in [4.69, 9.17) is 15.2 Å². The Labute approximate surface area is 92.8 Å². The molecule has 2 rings (SSSR count). The molecule has 0 spiro atoms. The van der Waals surface area contributed by atoms with Crippen LogP contribution in [0.5, 0.6) is 11.5 Å². The summed E-state index contributed by atoms with van der Waals surface area (Å²) < 4.78 is 10.7. The third-order valence-corrected chi connectivity index (χ3v) is 2.38. The molecule has 1 aliphatic heterocycles. The van der Waals surface area contributed by atoms with E-state index in [0.29, 0.717) is 30.3 Å². The van der Waals surface area contributed by atoms with Crippen molar-refractivity contribution in [1.82, 2.24) is 0 Å². The molecule has 5 nitrogen and oxygen atoms in total.